The third-order valence-corrected chi connectivity index (χ3v) is 3.83. The van der Waals surface area contributed by atoms with E-state index < -0.39 is 16.7 Å². The van der Waals surface area contributed by atoms with E-state index in [2.05, 4.69) is 0 Å². The van der Waals surface area contributed by atoms with Crippen LogP contribution in [0.1, 0.15) is 26.3 Å². The van der Waals surface area contributed by atoms with Gasteiger partial charge in [-0.15, -0.1) is 0 Å². The van der Waals surface area contributed by atoms with Crippen molar-refractivity contribution in [1.82, 2.24) is 0 Å². The molecule has 3 rings (SSSR count). The van der Waals surface area contributed by atoms with Gasteiger partial charge in [0.15, 0.2) is 17.3 Å². The lowest BCUT2D eigenvalue weighted by Crippen LogP contribution is -2.22. The van der Waals surface area contributed by atoms with E-state index in [9.17, 15) is 19.7 Å². The molecule has 0 saturated carbocycles. The van der Waals surface area contributed by atoms with Gasteiger partial charge >= 0.3 is 5.97 Å². The van der Waals surface area contributed by atoms with Crippen molar-refractivity contribution in [1.29, 1.82) is 0 Å². The highest BCUT2D eigenvalue weighted by molar-refractivity contribution is 6.19. The zero-order valence-electron chi connectivity index (χ0n) is 13.8. The molecule has 0 aromatic heterocycles. The number of ether oxygens (including phenoxy) is 3. The molecule has 8 nitrogen and oxygen atoms in total. The number of nitro benzene ring substituents is 1. The molecule has 0 radical (unpaired) electrons. The lowest BCUT2D eigenvalue weighted by atomic mass is 9.98. The molecule has 0 atom stereocenters. The van der Waals surface area contributed by atoms with Crippen LogP contribution < -0.4 is 9.47 Å². The van der Waals surface area contributed by atoms with Crippen molar-refractivity contribution in [2.24, 2.45) is 0 Å². The Bertz CT molecular complexity index is 962. The van der Waals surface area contributed by atoms with Crippen molar-refractivity contribution in [3.8, 4) is 11.5 Å². The van der Waals surface area contributed by atoms with Gasteiger partial charge in [0.25, 0.3) is 5.69 Å². The zero-order chi connectivity index (χ0) is 18.8. The summed E-state index contributed by atoms with van der Waals surface area (Å²) >= 11 is 0. The summed E-state index contributed by atoms with van der Waals surface area (Å²) in [6.07, 6.45) is 1.15. The summed E-state index contributed by atoms with van der Waals surface area (Å²) < 4.78 is 15.3. The third-order valence-electron chi connectivity index (χ3n) is 3.83. The number of methoxy groups -OCH3 is 2. The smallest absolute Gasteiger partial charge is 0.344 e. The van der Waals surface area contributed by atoms with Crippen molar-refractivity contribution < 1.29 is 28.7 Å². The molecule has 2 aromatic carbocycles. The number of carbonyl (C=O) groups is 2. The van der Waals surface area contributed by atoms with Crippen molar-refractivity contribution >= 4 is 23.5 Å². The maximum absolute atomic E-state index is 12.6. The van der Waals surface area contributed by atoms with Crippen molar-refractivity contribution in [3.05, 3.63) is 69.0 Å². The molecule has 0 fully saturated rings. The van der Waals surface area contributed by atoms with Crippen molar-refractivity contribution in [2.75, 3.05) is 14.2 Å². The number of benzene rings is 2. The minimum Gasteiger partial charge on any atom is -0.493 e. The minimum atomic E-state index is -0.699. The van der Waals surface area contributed by atoms with Crippen LogP contribution in [0, 0.1) is 10.1 Å². The average Bonchev–Trinajstić information content (AvgIpc) is 2.65. The second kappa shape index (κ2) is 6.67. The number of cyclic esters (lactones) is 1. The molecule has 1 aliphatic heterocycles. The molecule has 1 aliphatic rings. The van der Waals surface area contributed by atoms with Crippen molar-refractivity contribution in [2.45, 2.75) is 0 Å². The predicted molar refractivity (Wildman–Crippen MR) is 90.4 cm³/mol. The van der Waals surface area contributed by atoms with E-state index in [4.69, 9.17) is 14.2 Å². The number of allylic oxidation sites excluding steroid dienone is 1. The Hall–Kier alpha value is -3.68. The second-order valence-corrected chi connectivity index (χ2v) is 5.30. The lowest BCUT2D eigenvalue weighted by Gasteiger charge is -2.16. The van der Waals surface area contributed by atoms with Gasteiger partial charge in [0, 0.05) is 5.56 Å². The van der Waals surface area contributed by atoms with Gasteiger partial charge in [0.1, 0.15) is 0 Å². The Morgan fingerprint density at radius 3 is 2.27 bits per heavy atom. The Morgan fingerprint density at radius 2 is 1.65 bits per heavy atom. The largest absolute Gasteiger partial charge is 0.493 e. The Labute approximate surface area is 147 Å². The zero-order valence-corrected chi connectivity index (χ0v) is 13.8. The number of carbonyl (C=O) groups excluding carboxylic acids is 2. The highest BCUT2D eigenvalue weighted by atomic mass is 16.6. The Morgan fingerprint density at radius 1 is 1.04 bits per heavy atom. The minimum absolute atomic E-state index is 0.0446. The van der Waals surface area contributed by atoms with Crippen LogP contribution in [0.25, 0.3) is 6.08 Å². The summed E-state index contributed by atoms with van der Waals surface area (Å²) in [6, 6.07) is 8.72. The number of hydrogen-bond donors (Lipinski definition) is 0. The monoisotopic (exact) mass is 355 g/mol. The second-order valence-electron chi connectivity index (χ2n) is 5.30. The lowest BCUT2D eigenvalue weighted by molar-refractivity contribution is -0.385. The summed E-state index contributed by atoms with van der Waals surface area (Å²) in [4.78, 5) is 35.4. The van der Waals surface area contributed by atoms with Crippen LogP contribution in [-0.4, -0.2) is 30.9 Å². The number of nitro groups is 1. The Kier molecular flexibility index (Phi) is 4.40. The molecule has 132 valence electrons. The molecular formula is C18H13NO7. The van der Waals surface area contributed by atoms with Crippen LogP contribution in [-0.2, 0) is 4.74 Å². The van der Waals surface area contributed by atoms with E-state index in [-0.39, 0.29) is 39.6 Å². The van der Waals surface area contributed by atoms with Crippen LogP contribution in [0.15, 0.2) is 42.2 Å². The fraction of sp³-hybridized carbons (Fsp3) is 0.111. The van der Waals surface area contributed by atoms with Gasteiger partial charge in [0.2, 0.25) is 5.78 Å². The first-order valence-corrected chi connectivity index (χ1v) is 7.44. The highest BCUT2D eigenvalue weighted by Gasteiger charge is 2.30. The fourth-order valence-corrected chi connectivity index (χ4v) is 2.59. The molecule has 2 aromatic rings. The summed E-state index contributed by atoms with van der Waals surface area (Å²) in [7, 11) is 2.73. The van der Waals surface area contributed by atoms with Crippen LogP contribution in [0.2, 0.25) is 0 Å². The average molecular weight is 355 g/mol. The first kappa shape index (κ1) is 17.2. The van der Waals surface area contributed by atoms with Gasteiger partial charge in [-0.2, -0.15) is 0 Å². The molecule has 0 unspecified atom stereocenters. The normalized spacial score (nSPS) is 14.6. The highest BCUT2D eigenvalue weighted by Crippen LogP contribution is 2.36. The van der Waals surface area contributed by atoms with Gasteiger partial charge in [0.05, 0.1) is 36.3 Å². The standard InChI is InChI=1S/C18H13NO7/c1-24-14-7-10(13(19(22)23)9-15(14)25-2)8-16-17(20)11-5-3-4-6-12(11)18(21)26-16/h3-9H,1-2H3/b16-8+. The molecule has 0 saturated heterocycles. The first-order chi connectivity index (χ1) is 12.5. The molecule has 8 heteroatoms. The number of Topliss-reactive ketones (excluding diaryl/α,β-unsaturated/α-hetero) is 1. The third kappa shape index (κ3) is 2.88. The summed E-state index contributed by atoms with van der Waals surface area (Å²) in [6.45, 7) is 0. The fourth-order valence-electron chi connectivity index (χ4n) is 2.59. The molecule has 0 aliphatic carbocycles. The van der Waals surface area contributed by atoms with E-state index >= 15 is 0 Å². The van der Waals surface area contributed by atoms with E-state index in [1.54, 1.807) is 12.1 Å². The van der Waals surface area contributed by atoms with Crippen LogP contribution >= 0.6 is 0 Å². The summed E-state index contributed by atoms with van der Waals surface area (Å²) in [5, 5.41) is 11.4. The number of fused-ring (bicyclic) bond motifs is 1. The number of hydrogen-bond acceptors (Lipinski definition) is 7. The first-order valence-electron chi connectivity index (χ1n) is 7.44. The SMILES string of the molecule is COc1cc(/C=C2/OC(=O)c3ccccc3C2=O)c([N+](=O)[O-])cc1OC. The van der Waals surface area contributed by atoms with Gasteiger partial charge in [-0.25, -0.2) is 4.79 Å². The van der Waals surface area contributed by atoms with Gasteiger partial charge in [-0.3, -0.25) is 14.9 Å². The van der Waals surface area contributed by atoms with Crippen LogP contribution in [0.4, 0.5) is 5.69 Å². The molecular weight excluding hydrogens is 342 g/mol. The number of nitrogens with zero attached hydrogens (tertiary/aromatic N) is 1. The molecule has 26 heavy (non-hydrogen) atoms. The summed E-state index contributed by atoms with van der Waals surface area (Å²) in [5.41, 5.74) is 0.0515. The topological polar surface area (TPSA) is 105 Å². The molecule has 0 N–H and O–H groups in total. The van der Waals surface area contributed by atoms with Crippen molar-refractivity contribution in [3.63, 3.8) is 0 Å². The maximum atomic E-state index is 12.6. The van der Waals surface area contributed by atoms with E-state index in [1.165, 1.54) is 38.5 Å². The molecule has 0 bridgehead atoms. The molecule has 0 amide bonds. The number of ketones is 1. The van der Waals surface area contributed by atoms with E-state index in [1.807, 2.05) is 0 Å². The number of rotatable bonds is 4. The molecule has 0 spiro atoms. The maximum Gasteiger partial charge on any atom is 0.344 e. The van der Waals surface area contributed by atoms with Crippen LogP contribution in [0.5, 0.6) is 11.5 Å². The van der Waals surface area contributed by atoms with E-state index in [0.29, 0.717) is 0 Å². The van der Waals surface area contributed by atoms with E-state index in [0.717, 1.165) is 6.08 Å². The van der Waals surface area contributed by atoms with Gasteiger partial charge < -0.3 is 14.2 Å². The molecule has 1 heterocycles. The Balaban J connectivity index is 2.14. The van der Waals surface area contributed by atoms with Gasteiger partial charge in [-0.1, -0.05) is 18.2 Å². The summed E-state index contributed by atoms with van der Waals surface area (Å²) in [5.74, 6) is -1.14. The van der Waals surface area contributed by atoms with Gasteiger partial charge in [-0.05, 0) is 18.2 Å². The predicted octanol–water partition coefficient (Wildman–Crippen LogP) is 3.01. The number of esters is 1. The quantitative estimate of drug-likeness (QED) is 0.359. The van der Waals surface area contributed by atoms with Crippen LogP contribution in [0.3, 0.4) is 0 Å².